The van der Waals surface area contributed by atoms with E-state index in [9.17, 15) is 5.11 Å². The second-order valence-electron chi connectivity index (χ2n) is 11.1. The number of rotatable bonds is 7. The number of β-amino-alcohol motifs (C(OH)–C–C–N with tert-alkyl or cyclic N) is 1. The van der Waals surface area contributed by atoms with Gasteiger partial charge in [-0.2, -0.15) is 9.97 Å². The summed E-state index contributed by atoms with van der Waals surface area (Å²) in [5.41, 5.74) is 2.24. The molecule has 1 aromatic carbocycles. The second kappa shape index (κ2) is 10.5. The second-order valence-corrected chi connectivity index (χ2v) is 12.2. The number of nitrogens with zero attached hydrogens (tertiary/aromatic N) is 7. The molecule has 0 radical (unpaired) electrons. The van der Waals surface area contributed by atoms with Gasteiger partial charge < -0.3 is 19.6 Å². The lowest BCUT2D eigenvalue weighted by Crippen LogP contribution is -2.43. The molecule has 0 aliphatic carbocycles. The molecule has 0 saturated carbocycles. The van der Waals surface area contributed by atoms with E-state index in [2.05, 4.69) is 27.4 Å². The molecule has 3 aromatic heterocycles. The molecule has 0 unspecified atom stereocenters. The number of fused-ring (bicyclic) bond motifs is 2. The van der Waals surface area contributed by atoms with Crippen molar-refractivity contribution >= 4 is 38.5 Å². The maximum atomic E-state index is 10.2. The van der Waals surface area contributed by atoms with Crippen LogP contribution in [-0.2, 0) is 17.6 Å². The minimum atomic E-state index is -0.648. The fourth-order valence-electron chi connectivity index (χ4n) is 5.70. The van der Waals surface area contributed by atoms with E-state index in [1.54, 1.807) is 11.3 Å². The monoisotopic (exact) mass is 535 g/mol. The van der Waals surface area contributed by atoms with Gasteiger partial charge in [0.2, 0.25) is 5.95 Å². The Balaban J connectivity index is 1.34. The van der Waals surface area contributed by atoms with Crippen molar-refractivity contribution in [1.29, 1.82) is 0 Å². The molecular weight excluding hydrogens is 498 g/mol. The molecule has 0 atom stereocenters. The summed E-state index contributed by atoms with van der Waals surface area (Å²) in [4.78, 5) is 25.8. The number of thiazole rings is 1. The highest BCUT2D eigenvalue weighted by Gasteiger charge is 2.27. The number of anilines is 1. The normalized spacial score (nSPS) is 18.2. The zero-order chi connectivity index (χ0) is 26.3. The number of benzene rings is 1. The van der Waals surface area contributed by atoms with Gasteiger partial charge >= 0.3 is 0 Å². The molecule has 2 aliphatic rings. The molecule has 0 spiro atoms. The Kier molecular flexibility index (Phi) is 7.07. The summed E-state index contributed by atoms with van der Waals surface area (Å²) in [6.45, 7) is 11.6. The predicted molar refractivity (Wildman–Crippen MR) is 151 cm³/mol. The van der Waals surface area contributed by atoms with Crippen LogP contribution in [0.15, 0.2) is 24.3 Å². The van der Waals surface area contributed by atoms with Gasteiger partial charge in [0, 0.05) is 32.5 Å². The first kappa shape index (κ1) is 25.6. The van der Waals surface area contributed by atoms with Crippen molar-refractivity contribution in [3.05, 3.63) is 35.1 Å². The Hall–Kier alpha value is -2.66. The summed E-state index contributed by atoms with van der Waals surface area (Å²) in [5, 5.41) is 11.3. The highest BCUT2D eigenvalue weighted by Crippen LogP contribution is 2.33. The van der Waals surface area contributed by atoms with Crippen molar-refractivity contribution in [2.24, 2.45) is 5.92 Å². The zero-order valence-corrected chi connectivity index (χ0v) is 23.4. The molecule has 2 aliphatic heterocycles. The van der Waals surface area contributed by atoms with Crippen molar-refractivity contribution in [2.75, 3.05) is 50.8 Å². The molecule has 4 aromatic rings. The number of ether oxygens (including phenoxy) is 1. The number of aryl methyl sites for hydroxylation is 1. The number of hydrogen-bond donors (Lipinski definition) is 1. The van der Waals surface area contributed by atoms with E-state index in [0.29, 0.717) is 25.1 Å². The highest BCUT2D eigenvalue weighted by molar-refractivity contribution is 7.18. The maximum absolute atomic E-state index is 10.2. The SMILES string of the molecule is CCc1nc2ccccc2n1-c1nc(N2CCOCC2)c2nc(CC3CCN(CC(C)(C)O)CC3)sc2n1. The third kappa shape index (κ3) is 5.27. The lowest BCUT2D eigenvalue weighted by atomic mass is 9.93. The Morgan fingerprint density at radius 1 is 1.03 bits per heavy atom. The Morgan fingerprint density at radius 2 is 1.79 bits per heavy atom. The number of morpholine rings is 1. The molecular formula is C28H37N7O2S. The number of imidazole rings is 1. The first-order valence-corrected chi connectivity index (χ1v) is 14.6. The quantitative estimate of drug-likeness (QED) is 0.382. The van der Waals surface area contributed by atoms with E-state index < -0.39 is 5.60 Å². The van der Waals surface area contributed by atoms with Crippen LogP contribution in [0.3, 0.4) is 0 Å². The molecule has 1 N–H and O–H groups in total. The van der Waals surface area contributed by atoms with Crippen LogP contribution in [0.5, 0.6) is 0 Å². The van der Waals surface area contributed by atoms with Crippen molar-refractivity contribution in [1.82, 2.24) is 29.4 Å². The van der Waals surface area contributed by atoms with Crippen LogP contribution in [0.25, 0.3) is 27.3 Å². The Morgan fingerprint density at radius 3 is 2.53 bits per heavy atom. The number of hydrogen-bond acceptors (Lipinski definition) is 9. The summed E-state index contributed by atoms with van der Waals surface area (Å²) < 4.78 is 7.74. The fraction of sp³-hybridized carbons (Fsp3) is 0.571. The fourth-order valence-corrected chi connectivity index (χ4v) is 6.74. The van der Waals surface area contributed by atoms with E-state index in [4.69, 9.17) is 24.7 Å². The standard InChI is InChI=1S/C28H37N7O2S/c1-4-22-29-20-7-5-6-8-21(20)35(22)27-31-25(34-13-15-37-16-14-34)24-26(32-27)38-23(30-24)17-19-9-11-33(12-10-19)18-28(2,3)36/h5-8,19,36H,4,9-18H2,1-3H3. The van der Waals surface area contributed by atoms with Gasteiger partial charge in [0.15, 0.2) is 10.6 Å². The van der Waals surface area contributed by atoms with E-state index in [1.807, 2.05) is 32.0 Å². The maximum Gasteiger partial charge on any atom is 0.239 e. The van der Waals surface area contributed by atoms with Crippen molar-refractivity contribution in [3.63, 3.8) is 0 Å². The largest absolute Gasteiger partial charge is 0.389 e. The van der Waals surface area contributed by atoms with Gasteiger partial charge in [0.1, 0.15) is 11.3 Å². The van der Waals surface area contributed by atoms with Crippen LogP contribution in [-0.4, -0.2) is 86.0 Å². The van der Waals surface area contributed by atoms with E-state index in [-0.39, 0.29) is 0 Å². The zero-order valence-electron chi connectivity index (χ0n) is 22.6. The van der Waals surface area contributed by atoms with Gasteiger partial charge in [-0.25, -0.2) is 9.97 Å². The van der Waals surface area contributed by atoms with Crippen LogP contribution in [0.4, 0.5) is 5.82 Å². The van der Waals surface area contributed by atoms with Gasteiger partial charge in [-0.15, -0.1) is 0 Å². The summed E-state index contributed by atoms with van der Waals surface area (Å²) in [5.74, 6) is 3.12. The van der Waals surface area contributed by atoms with E-state index in [1.165, 1.54) is 0 Å². The molecule has 0 amide bonds. The van der Waals surface area contributed by atoms with Crippen LogP contribution < -0.4 is 4.90 Å². The number of aliphatic hydroxyl groups is 1. The summed E-state index contributed by atoms with van der Waals surface area (Å²) >= 11 is 1.70. The smallest absolute Gasteiger partial charge is 0.239 e. The molecule has 2 fully saturated rings. The van der Waals surface area contributed by atoms with Crippen LogP contribution in [0, 0.1) is 5.92 Å². The van der Waals surface area contributed by atoms with Crippen molar-refractivity contribution < 1.29 is 9.84 Å². The van der Waals surface area contributed by atoms with Crippen molar-refractivity contribution in [2.45, 2.75) is 52.1 Å². The van der Waals surface area contributed by atoms with Crippen LogP contribution in [0.1, 0.15) is 44.4 Å². The first-order valence-electron chi connectivity index (χ1n) is 13.8. The number of para-hydroxylation sites is 2. The topological polar surface area (TPSA) is 92.4 Å². The average Bonchev–Trinajstić information content (AvgIpc) is 3.49. The molecule has 202 valence electrons. The Labute approximate surface area is 227 Å². The highest BCUT2D eigenvalue weighted by atomic mass is 32.1. The molecule has 0 bridgehead atoms. The molecule has 38 heavy (non-hydrogen) atoms. The van der Waals surface area contributed by atoms with E-state index >= 15 is 0 Å². The van der Waals surface area contributed by atoms with E-state index in [0.717, 1.165) is 96.4 Å². The molecule has 6 rings (SSSR count). The molecule has 2 saturated heterocycles. The van der Waals surface area contributed by atoms with Gasteiger partial charge in [0.25, 0.3) is 0 Å². The van der Waals surface area contributed by atoms with Gasteiger partial charge in [-0.05, 0) is 57.8 Å². The molecule has 5 heterocycles. The minimum absolute atomic E-state index is 0.595. The minimum Gasteiger partial charge on any atom is -0.389 e. The van der Waals surface area contributed by atoms with Gasteiger partial charge in [0.05, 0.1) is 34.9 Å². The molecule has 9 nitrogen and oxygen atoms in total. The predicted octanol–water partition coefficient (Wildman–Crippen LogP) is 3.85. The van der Waals surface area contributed by atoms with Crippen LogP contribution >= 0.6 is 11.3 Å². The third-order valence-electron chi connectivity index (χ3n) is 7.51. The van der Waals surface area contributed by atoms with Gasteiger partial charge in [-0.3, -0.25) is 4.57 Å². The summed E-state index contributed by atoms with van der Waals surface area (Å²) in [6.07, 6.45) is 4.01. The number of aromatic nitrogens is 5. The lowest BCUT2D eigenvalue weighted by Gasteiger charge is -2.35. The van der Waals surface area contributed by atoms with Crippen molar-refractivity contribution in [3.8, 4) is 5.95 Å². The lowest BCUT2D eigenvalue weighted by molar-refractivity contribution is 0.0244. The summed E-state index contributed by atoms with van der Waals surface area (Å²) in [6, 6.07) is 8.20. The number of piperidine rings is 1. The number of likely N-dealkylation sites (tertiary alicyclic amines) is 1. The first-order chi connectivity index (χ1) is 18.4. The summed E-state index contributed by atoms with van der Waals surface area (Å²) in [7, 11) is 0. The average molecular weight is 536 g/mol. The third-order valence-corrected chi connectivity index (χ3v) is 8.48. The molecule has 10 heteroatoms. The van der Waals surface area contributed by atoms with Crippen LogP contribution in [0.2, 0.25) is 0 Å². The van der Waals surface area contributed by atoms with Gasteiger partial charge in [-0.1, -0.05) is 30.4 Å². The Bertz CT molecular complexity index is 1410.